The summed E-state index contributed by atoms with van der Waals surface area (Å²) in [5.74, 6) is 0.341. The standard InChI is InChI=1S/C46H31BN2/c1-3-14-34(15-4-1)48(35-16-5-2-6-17-35)37-28-39-38-18-7-8-19-40(38)47-41-20-9-10-21-42(41)49(43(29-37)46(39)47)36-26-32-24-22-30-12-11-13-31-23-25-33(27-36)45(32)44(30)31/h1-24,26-29,44H,25H2. The quantitative estimate of drug-likeness (QED) is 0.181. The Morgan fingerprint density at radius 1 is 0.592 bits per heavy atom. The van der Waals surface area contributed by atoms with Gasteiger partial charge in [0.05, 0.1) is 0 Å². The molecule has 11 rings (SSSR count). The lowest BCUT2D eigenvalue weighted by Crippen LogP contribution is -2.54. The minimum absolute atomic E-state index is 0.188. The molecule has 5 aliphatic rings. The minimum atomic E-state index is 0.188. The predicted molar refractivity (Wildman–Crippen MR) is 207 cm³/mol. The van der Waals surface area contributed by atoms with Crippen LogP contribution in [0.2, 0.25) is 0 Å². The first-order valence-corrected chi connectivity index (χ1v) is 17.3. The Morgan fingerprint density at radius 3 is 2.14 bits per heavy atom. The van der Waals surface area contributed by atoms with Crippen LogP contribution < -0.4 is 26.2 Å². The lowest BCUT2D eigenvalue weighted by molar-refractivity contribution is 0.892. The molecule has 6 aromatic rings. The van der Waals surface area contributed by atoms with E-state index >= 15 is 0 Å². The van der Waals surface area contributed by atoms with Crippen LogP contribution in [-0.4, -0.2) is 6.71 Å². The largest absolute Gasteiger partial charge is 0.311 e. The molecule has 0 saturated carbocycles. The number of para-hydroxylation sites is 3. The van der Waals surface area contributed by atoms with Crippen molar-refractivity contribution in [3.63, 3.8) is 0 Å². The normalized spacial score (nSPS) is 16.7. The zero-order valence-corrected chi connectivity index (χ0v) is 26.9. The van der Waals surface area contributed by atoms with Crippen LogP contribution in [0.15, 0.2) is 175 Å². The van der Waals surface area contributed by atoms with Gasteiger partial charge >= 0.3 is 0 Å². The minimum Gasteiger partial charge on any atom is -0.311 e. The summed E-state index contributed by atoms with van der Waals surface area (Å²) in [5.41, 5.74) is 21.0. The van der Waals surface area contributed by atoms with Gasteiger partial charge in [0.2, 0.25) is 6.71 Å². The predicted octanol–water partition coefficient (Wildman–Crippen LogP) is 9.53. The molecule has 6 aromatic carbocycles. The van der Waals surface area contributed by atoms with Crippen LogP contribution in [0.4, 0.5) is 34.1 Å². The zero-order valence-electron chi connectivity index (χ0n) is 26.9. The molecule has 0 N–H and O–H groups in total. The number of hydrogen-bond donors (Lipinski definition) is 0. The van der Waals surface area contributed by atoms with Gasteiger partial charge in [0.15, 0.2) is 0 Å². The maximum Gasteiger partial charge on any atom is 0.248 e. The van der Waals surface area contributed by atoms with Gasteiger partial charge in [-0.15, -0.1) is 0 Å². The summed E-state index contributed by atoms with van der Waals surface area (Å²) >= 11 is 0. The van der Waals surface area contributed by atoms with E-state index in [1.165, 1.54) is 72.4 Å². The van der Waals surface area contributed by atoms with Crippen LogP contribution >= 0.6 is 0 Å². The van der Waals surface area contributed by atoms with Gasteiger partial charge in [-0.3, -0.25) is 0 Å². The molecule has 0 saturated heterocycles. The second-order valence-electron chi connectivity index (χ2n) is 13.7. The number of hydrogen-bond acceptors (Lipinski definition) is 2. The first-order chi connectivity index (χ1) is 24.3. The molecule has 0 bridgehead atoms. The average molecular weight is 623 g/mol. The molecule has 1 atom stereocenters. The number of anilines is 6. The molecular formula is C46H31BN2. The second kappa shape index (κ2) is 10.2. The van der Waals surface area contributed by atoms with Crippen LogP contribution in [-0.2, 0) is 6.42 Å². The van der Waals surface area contributed by atoms with Gasteiger partial charge in [0, 0.05) is 40.0 Å². The van der Waals surface area contributed by atoms with Crippen molar-refractivity contribution in [3.05, 3.63) is 192 Å². The lowest BCUT2D eigenvalue weighted by atomic mass is 9.37. The van der Waals surface area contributed by atoms with Crippen molar-refractivity contribution in [3.8, 4) is 11.1 Å². The molecule has 0 amide bonds. The van der Waals surface area contributed by atoms with Gasteiger partial charge in [0.1, 0.15) is 0 Å². The van der Waals surface area contributed by atoms with Crippen LogP contribution in [0.3, 0.4) is 0 Å². The third kappa shape index (κ3) is 3.84. The SMILES string of the molecule is C1=CC2=CCc3cc(N4c5ccccc5B5c6ccccc6-c6cc(N(c7ccccc7)c7ccccc7)cc4c65)cc4c3C2C(=C1)C=C4. The van der Waals surface area contributed by atoms with E-state index in [9.17, 15) is 0 Å². The average Bonchev–Trinajstić information content (AvgIpc) is 3.50. The number of fused-ring (bicyclic) bond motifs is 5. The third-order valence-corrected chi connectivity index (χ3v) is 11.1. The molecule has 0 spiro atoms. The maximum absolute atomic E-state index is 2.56. The molecule has 2 aliphatic heterocycles. The van der Waals surface area contributed by atoms with Crippen LogP contribution in [0.5, 0.6) is 0 Å². The number of rotatable bonds is 4. The highest BCUT2D eigenvalue weighted by atomic mass is 15.2. The van der Waals surface area contributed by atoms with E-state index in [0.717, 1.165) is 23.5 Å². The first kappa shape index (κ1) is 27.0. The van der Waals surface area contributed by atoms with Gasteiger partial charge in [-0.05, 0) is 111 Å². The zero-order chi connectivity index (χ0) is 32.1. The Morgan fingerprint density at radius 2 is 1.33 bits per heavy atom. The number of allylic oxidation sites excluding steroid dienone is 7. The highest BCUT2D eigenvalue weighted by Gasteiger charge is 2.43. The molecule has 2 heterocycles. The molecule has 3 heteroatoms. The molecule has 228 valence electrons. The molecule has 0 fully saturated rings. The number of nitrogens with zero attached hydrogens (tertiary/aromatic N) is 2. The molecule has 49 heavy (non-hydrogen) atoms. The van der Waals surface area contributed by atoms with E-state index in [1.807, 2.05) is 0 Å². The summed E-state index contributed by atoms with van der Waals surface area (Å²) in [5, 5.41) is 0. The lowest BCUT2D eigenvalue weighted by Gasteiger charge is -2.39. The van der Waals surface area contributed by atoms with E-state index in [0.29, 0.717) is 5.92 Å². The van der Waals surface area contributed by atoms with Crippen molar-refractivity contribution in [2.75, 3.05) is 9.80 Å². The molecule has 0 aromatic heterocycles. The van der Waals surface area contributed by atoms with E-state index in [-0.39, 0.29) is 6.71 Å². The van der Waals surface area contributed by atoms with Crippen LogP contribution in [0, 0.1) is 0 Å². The highest BCUT2D eigenvalue weighted by molar-refractivity contribution is 7.01. The van der Waals surface area contributed by atoms with Crippen LogP contribution in [0.25, 0.3) is 17.2 Å². The van der Waals surface area contributed by atoms with Crippen molar-refractivity contribution in [2.45, 2.75) is 12.3 Å². The molecule has 3 aliphatic carbocycles. The number of benzene rings is 6. The molecule has 0 radical (unpaired) electrons. The summed E-state index contributed by atoms with van der Waals surface area (Å²) in [6, 6.07) is 49.5. The summed E-state index contributed by atoms with van der Waals surface area (Å²) in [6.45, 7) is 0.188. The van der Waals surface area contributed by atoms with E-state index in [2.05, 4.69) is 180 Å². The van der Waals surface area contributed by atoms with E-state index in [1.54, 1.807) is 0 Å². The Balaban J connectivity index is 1.19. The van der Waals surface area contributed by atoms with Gasteiger partial charge < -0.3 is 9.80 Å². The summed E-state index contributed by atoms with van der Waals surface area (Å²) in [7, 11) is 0. The van der Waals surface area contributed by atoms with Gasteiger partial charge in [-0.25, -0.2) is 0 Å². The van der Waals surface area contributed by atoms with Crippen molar-refractivity contribution in [1.29, 1.82) is 0 Å². The fourth-order valence-corrected chi connectivity index (χ4v) is 9.13. The smallest absolute Gasteiger partial charge is 0.248 e. The fraction of sp³-hybridized carbons (Fsp3) is 0.0435. The van der Waals surface area contributed by atoms with Gasteiger partial charge in [-0.1, -0.05) is 121 Å². The summed E-state index contributed by atoms with van der Waals surface area (Å²) in [6.07, 6.45) is 14.8. The Hall–Kier alpha value is -6.06. The molecule has 2 nitrogen and oxygen atoms in total. The Kier molecular flexibility index (Phi) is 5.62. The van der Waals surface area contributed by atoms with Crippen molar-refractivity contribution in [1.82, 2.24) is 0 Å². The maximum atomic E-state index is 2.56. The van der Waals surface area contributed by atoms with Crippen molar-refractivity contribution < 1.29 is 0 Å². The van der Waals surface area contributed by atoms with E-state index in [4.69, 9.17) is 0 Å². The van der Waals surface area contributed by atoms with Gasteiger partial charge in [0.25, 0.3) is 0 Å². The summed E-state index contributed by atoms with van der Waals surface area (Å²) < 4.78 is 0. The monoisotopic (exact) mass is 622 g/mol. The van der Waals surface area contributed by atoms with E-state index < -0.39 is 0 Å². The highest BCUT2D eigenvalue weighted by Crippen LogP contribution is 2.50. The second-order valence-corrected chi connectivity index (χ2v) is 13.7. The third-order valence-electron chi connectivity index (χ3n) is 11.1. The topological polar surface area (TPSA) is 6.48 Å². The van der Waals surface area contributed by atoms with Crippen molar-refractivity contribution in [2.24, 2.45) is 0 Å². The van der Waals surface area contributed by atoms with Crippen molar-refractivity contribution >= 4 is 63.3 Å². The fourth-order valence-electron chi connectivity index (χ4n) is 9.13. The first-order valence-electron chi connectivity index (χ1n) is 17.3. The van der Waals surface area contributed by atoms with Crippen LogP contribution in [0.1, 0.15) is 22.6 Å². The Bertz CT molecular complexity index is 2450. The molecular weight excluding hydrogens is 591 g/mol. The summed E-state index contributed by atoms with van der Waals surface area (Å²) in [4.78, 5) is 4.96. The molecule has 1 unspecified atom stereocenters. The van der Waals surface area contributed by atoms with Gasteiger partial charge in [-0.2, -0.15) is 0 Å². The Labute approximate surface area is 287 Å².